The van der Waals surface area contributed by atoms with Crippen LogP contribution in [0.2, 0.25) is 0 Å². The predicted molar refractivity (Wildman–Crippen MR) is 131 cm³/mol. The minimum absolute atomic E-state index is 0.0155. The number of carbonyl (C=O) groups is 1. The van der Waals surface area contributed by atoms with E-state index in [4.69, 9.17) is 4.74 Å². The van der Waals surface area contributed by atoms with E-state index < -0.39 is 11.1 Å². The van der Waals surface area contributed by atoms with Crippen molar-refractivity contribution in [1.82, 2.24) is 9.91 Å². The number of hydrogen-bond acceptors (Lipinski definition) is 7. The van der Waals surface area contributed by atoms with Gasteiger partial charge in [-0.15, -0.1) is 0 Å². The fourth-order valence-corrected chi connectivity index (χ4v) is 4.05. The maximum absolute atomic E-state index is 13.2. The quantitative estimate of drug-likeness (QED) is 0.293. The molecule has 3 aromatic rings. The monoisotopic (exact) mass is 474 g/mol. The Morgan fingerprint density at radius 2 is 1.86 bits per heavy atom. The van der Waals surface area contributed by atoms with Crippen LogP contribution in [0.3, 0.4) is 0 Å². The Kier molecular flexibility index (Phi) is 7.07. The van der Waals surface area contributed by atoms with E-state index in [0.29, 0.717) is 30.2 Å². The van der Waals surface area contributed by atoms with E-state index in [2.05, 4.69) is 5.10 Å². The minimum Gasteiger partial charge on any atom is -0.504 e. The van der Waals surface area contributed by atoms with Gasteiger partial charge in [0.25, 0.3) is 11.6 Å². The zero-order chi connectivity index (χ0) is 24.9. The first-order valence-electron chi connectivity index (χ1n) is 11.2. The number of phenolic OH excluding ortho intramolecular Hbond substituents is 1. The van der Waals surface area contributed by atoms with Crippen LogP contribution in [0.1, 0.15) is 36.7 Å². The van der Waals surface area contributed by atoms with Crippen molar-refractivity contribution in [2.45, 2.75) is 26.6 Å². The van der Waals surface area contributed by atoms with E-state index in [9.17, 15) is 20.0 Å². The van der Waals surface area contributed by atoms with Crippen molar-refractivity contribution >= 4 is 17.3 Å². The lowest BCUT2D eigenvalue weighted by atomic mass is 10.1. The second kappa shape index (κ2) is 10.4. The summed E-state index contributed by atoms with van der Waals surface area (Å²) in [4.78, 5) is 25.7. The molecule has 1 aliphatic rings. The van der Waals surface area contributed by atoms with Crippen molar-refractivity contribution < 1.29 is 19.6 Å². The molecular formula is C26H26N4O5. The number of nitrogens with zero attached hydrogens (tertiary/aromatic N) is 4. The van der Waals surface area contributed by atoms with Crippen molar-refractivity contribution in [1.29, 1.82) is 0 Å². The van der Waals surface area contributed by atoms with Crippen molar-refractivity contribution in [3.8, 4) is 11.5 Å². The molecule has 0 bridgehead atoms. The SMILES string of the molecule is CCOc1cc([C@@H]2N(Cc3ccccc3)CC(=O)N2/N=C(/C)c2ccc([N+](=O)[O-])cc2)ccc1O. The van der Waals surface area contributed by atoms with Crippen LogP contribution in [0.25, 0.3) is 0 Å². The standard InChI is InChI=1S/C26H26N4O5/c1-3-35-24-15-21(11-14-23(24)31)26-28(16-19-7-5-4-6-8-19)17-25(32)29(26)27-18(2)20-9-12-22(13-10-20)30(33)34/h4-15,26,31H,3,16-17H2,1-2H3/b27-18-/t26-/m1/s1. The number of phenols is 1. The third kappa shape index (κ3) is 5.30. The summed E-state index contributed by atoms with van der Waals surface area (Å²) in [6, 6.07) is 20.9. The summed E-state index contributed by atoms with van der Waals surface area (Å²) >= 11 is 0. The number of carbonyl (C=O) groups excluding carboxylic acids is 1. The maximum Gasteiger partial charge on any atom is 0.269 e. The molecule has 9 heteroatoms. The van der Waals surface area contributed by atoms with Crippen LogP contribution in [-0.2, 0) is 11.3 Å². The third-order valence-electron chi connectivity index (χ3n) is 5.74. The van der Waals surface area contributed by atoms with Crippen molar-refractivity contribution in [3.05, 3.63) is 99.6 Å². The van der Waals surface area contributed by atoms with Gasteiger partial charge < -0.3 is 9.84 Å². The number of nitro benzene ring substituents is 1. The van der Waals surface area contributed by atoms with Crippen LogP contribution in [-0.4, -0.2) is 44.7 Å². The van der Waals surface area contributed by atoms with E-state index in [-0.39, 0.29) is 23.9 Å². The number of hydrazone groups is 1. The molecule has 3 aromatic carbocycles. The molecule has 1 fully saturated rings. The smallest absolute Gasteiger partial charge is 0.269 e. The highest BCUT2D eigenvalue weighted by atomic mass is 16.6. The molecule has 1 N–H and O–H groups in total. The fourth-order valence-electron chi connectivity index (χ4n) is 4.05. The lowest BCUT2D eigenvalue weighted by Gasteiger charge is -2.28. The first-order chi connectivity index (χ1) is 16.9. The second-order valence-electron chi connectivity index (χ2n) is 8.15. The van der Waals surface area contributed by atoms with Crippen LogP contribution in [0.4, 0.5) is 5.69 Å². The van der Waals surface area contributed by atoms with Gasteiger partial charge in [0, 0.05) is 18.7 Å². The number of rotatable bonds is 8. The van der Waals surface area contributed by atoms with Gasteiger partial charge in [-0.05, 0) is 54.8 Å². The molecule has 0 radical (unpaired) electrons. The summed E-state index contributed by atoms with van der Waals surface area (Å²) in [7, 11) is 0. The molecule has 1 amide bonds. The molecule has 4 rings (SSSR count). The van der Waals surface area contributed by atoms with E-state index in [1.165, 1.54) is 17.1 Å². The number of aromatic hydroxyl groups is 1. The van der Waals surface area contributed by atoms with E-state index >= 15 is 0 Å². The molecule has 1 atom stereocenters. The Morgan fingerprint density at radius 3 is 2.51 bits per heavy atom. The van der Waals surface area contributed by atoms with Gasteiger partial charge in [-0.25, -0.2) is 5.01 Å². The van der Waals surface area contributed by atoms with Crippen molar-refractivity contribution in [2.24, 2.45) is 5.10 Å². The Bertz CT molecular complexity index is 1240. The summed E-state index contributed by atoms with van der Waals surface area (Å²) in [6.45, 7) is 4.65. The summed E-state index contributed by atoms with van der Waals surface area (Å²) in [5, 5.41) is 27.2. The summed E-state index contributed by atoms with van der Waals surface area (Å²) < 4.78 is 5.57. The van der Waals surface area contributed by atoms with Gasteiger partial charge in [0.2, 0.25) is 0 Å². The number of nitro groups is 1. The molecule has 0 aliphatic carbocycles. The van der Waals surface area contributed by atoms with E-state index in [1.807, 2.05) is 42.2 Å². The van der Waals surface area contributed by atoms with E-state index in [1.54, 1.807) is 37.3 Å². The number of benzene rings is 3. The van der Waals surface area contributed by atoms with Crippen LogP contribution in [0.15, 0.2) is 77.9 Å². The summed E-state index contributed by atoms with van der Waals surface area (Å²) in [5.74, 6) is 0.171. The zero-order valence-corrected chi connectivity index (χ0v) is 19.5. The van der Waals surface area contributed by atoms with Gasteiger partial charge in [0.15, 0.2) is 11.5 Å². The molecule has 35 heavy (non-hydrogen) atoms. The molecule has 0 aromatic heterocycles. The zero-order valence-electron chi connectivity index (χ0n) is 19.5. The molecule has 0 unspecified atom stereocenters. The van der Waals surface area contributed by atoms with Gasteiger partial charge in [0.1, 0.15) is 6.17 Å². The Labute approximate surface area is 203 Å². The number of hydrogen-bond donors (Lipinski definition) is 1. The second-order valence-corrected chi connectivity index (χ2v) is 8.15. The number of amides is 1. The molecule has 0 spiro atoms. The highest BCUT2D eigenvalue weighted by molar-refractivity contribution is 5.99. The predicted octanol–water partition coefficient (Wildman–Crippen LogP) is 4.47. The first-order valence-corrected chi connectivity index (χ1v) is 11.2. The fraction of sp³-hybridized carbons (Fsp3) is 0.231. The molecule has 0 saturated carbocycles. The molecule has 1 heterocycles. The van der Waals surface area contributed by atoms with Gasteiger partial charge in [-0.1, -0.05) is 36.4 Å². The highest BCUT2D eigenvalue weighted by Crippen LogP contribution is 2.37. The molecule has 180 valence electrons. The normalized spacial score (nSPS) is 16.5. The minimum atomic E-state index is -0.532. The average Bonchev–Trinajstić information content (AvgIpc) is 3.15. The van der Waals surface area contributed by atoms with Gasteiger partial charge in [-0.3, -0.25) is 19.8 Å². The van der Waals surface area contributed by atoms with Crippen LogP contribution >= 0.6 is 0 Å². The lowest BCUT2D eigenvalue weighted by molar-refractivity contribution is -0.384. The average molecular weight is 475 g/mol. The molecule has 1 saturated heterocycles. The van der Waals surface area contributed by atoms with Crippen molar-refractivity contribution in [3.63, 3.8) is 0 Å². The summed E-state index contributed by atoms with van der Waals surface area (Å²) in [5.41, 5.74) is 2.99. The molecular weight excluding hydrogens is 448 g/mol. The maximum atomic E-state index is 13.2. The van der Waals surface area contributed by atoms with Gasteiger partial charge in [0.05, 0.1) is 23.8 Å². The Morgan fingerprint density at radius 1 is 1.14 bits per heavy atom. The van der Waals surface area contributed by atoms with Crippen LogP contribution < -0.4 is 4.74 Å². The Balaban J connectivity index is 1.72. The first kappa shape index (κ1) is 23.9. The highest BCUT2D eigenvalue weighted by Gasteiger charge is 2.39. The van der Waals surface area contributed by atoms with Gasteiger partial charge in [-0.2, -0.15) is 5.10 Å². The molecule has 1 aliphatic heterocycles. The lowest BCUT2D eigenvalue weighted by Crippen LogP contribution is -2.29. The van der Waals surface area contributed by atoms with Crippen LogP contribution in [0.5, 0.6) is 11.5 Å². The largest absolute Gasteiger partial charge is 0.504 e. The van der Waals surface area contributed by atoms with Gasteiger partial charge >= 0.3 is 0 Å². The summed E-state index contributed by atoms with van der Waals surface area (Å²) in [6.07, 6.45) is -0.532. The van der Waals surface area contributed by atoms with Crippen LogP contribution in [0, 0.1) is 10.1 Å². The molecule has 9 nitrogen and oxygen atoms in total. The number of non-ortho nitro benzene ring substituents is 1. The number of ether oxygens (including phenoxy) is 1. The van der Waals surface area contributed by atoms with E-state index in [0.717, 1.165) is 11.1 Å². The van der Waals surface area contributed by atoms with Crippen molar-refractivity contribution in [2.75, 3.05) is 13.2 Å². The Hall–Kier alpha value is -4.24. The topological polar surface area (TPSA) is 109 Å². The third-order valence-corrected chi connectivity index (χ3v) is 5.74.